The van der Waals surface area contributed by atoms with Gasteiger partial charge in [0.1, 0.15) is 11.1 Å². The van der Waals surface area contributed by atoms with Gasteiger partial charge in [-0.25, -0.2) is 4.79 Å². The lowest BCUT2D eigenvalue weighted by molar-refractivity contribution is -0.138. The molecule has 5 nitrogen and oxygen atoms in total. The zero-order valence-electron chi connectivity index (χ0n) is 15.1. The average Bonchev–Trinajstić information content (AvgIpc) is 3.01. The van der Waals surface area contributed by atoms with E-state index in [2.05, 4.69) is 0 Å². The topological polar surface area (TPSA) is 70.4 Å². The SMILES string of the molecule is CCOC(=O)/C(C#N)=C1/S[C@H](Cc2ccc(Cl)cc2)C(=O)N1c1ccccc1. The average molecular weight is 413 g/mol. The molecule has 0 saturated carbocycles. The van der Waals surface area contributed by atoms with Crippen LogP contribution in [0, 0.1) is 11.3 Å². The lowest BCUT2D eigenvalue weighted by Crippen LogP contribution is -2.30. The van der Waals surface area contributed by atoms with Crippen molar-refractivity contribution in [3.8, 4) is 6.07 Å². The minimum absolute atomic E-state index is 0.148. The predicted molar refractivity (Wildman–Crippen MR) is 110 cm³/mol. The number of amides is 1. The van der Waals surface area contributed by atoms with Crippen LogP contribution in [-0.4, -0.2) is 23.7 Å². The Balaban J connectivity index is 2.01. The zero-order chi connectivity index (χ0) is 20.1. The molecule has 0 radical (unpaired) electrons. The summed E-state index contributed by atoms with van der Waals surface area (Å²) < 4.78 is 5.01. The molecule has 2 aromatic rings. The van der Waals surface area contributed by atoms with Gasteiger partial charge in [-0.15, -0.1) is 0 Å². The van der Waals surface area contributed by atoms with E-state index in [1.165, 1.54) is 16.7 Å². The summed E-state index contributed by atoms with van der Waals surface area (Å²) in [5, 5.41) is 10.0. The summed E-state index contributed by atoms with van der Waals surface area (Å²) in [6.45, 7) is 1.82. The van der Waals surface area contributed by atoms with Crippen molar-refractivity contribution in [2.75, 3.05) is 11.5 Å². The van der Waals surface area contributed by atoms with Gasteiger partial charge in [-0.2, -0.15) is 5.26 Å². The van der Waals surface area contributed by atoms with E-state index >= 15 is 0 Å². The van der Waals surface area contributed by atoms with Gasteiger partial charge in [0.2, 0.25) is 5.91 Å². The van der Waals surface area contributed by atoms with Gasteiger partial charge in [0.15, 0.2) is 5.57 Å². The number of thioether (sulfide) groups is 1. The first-order chi connectivity index (χ1) is 13.5. The van der Waals surface area contributed by atoms with Crippen molar-refractivity contribution in [3.05, 3.63) is 75.8 Å². The fraction of sp³-hybridized carbons (Fsp3) is 0.190. The Morgan fingerprint density at radius 3 is 2.50 bits per heavy atom. The molecule has 1 heterocycles. The maximum Gasteiger partial charge on any atom is 0.351 e. The Hall–Kier alpha value is -2.75. The minimum Gasteiger partial charge on any atom is -0.462 e. The molecule has 1 fully saturated rings. The molecule has 0 N–H and O–H groups in total. The van der Waals surface area contributed by atoms with E-state index in [0.717, 1.165) is 5.56 Å². The van der Waals surface area contributed by atoms with Crippen LogP contribution in [0.5, 0.6) is 0 Å². The number of hydrogen-bond donors (Lipinski definition) is 0. The second-order valence-electron chi connectivity index (χ2n) is 5.96. The Kier molecular flexibility index (Phi) is 6.40. The fourth-order valence-electron chi connectivity index (χ4n) is 2.82. The van der Waals surface area contributed by atoms with Crippen molar-refractivity contribution in [1.82, 2.24) is 0 Å². The van der Waals surface area contributed by atoms with Gasteiger partial charge in [0.05, 0.1) is 11.9 Å². The van der Waals surface area contributed by atoms with Gasteiger partial charge in [0.25, 0.3) is 0 Å². The molecule has 1 amide bonds. The lowest BCUT2D eigenvalue weighted by Gasteiger charge is -2.18. The number of rotatable bonds is 5. The number of nitrogens with zero attached hydrogens (tertiary/aromatic N) is 2. The number of esters is 1. The van der Waals surface area contributed by atoms with Crippen LogP contribution in [0.15, 0.2) is 65.2 Å². The molecule has 28 heavy (non-hydrogen) atoms. The Morgan fingerprint density at radius 1 is 1.21 bits per heavy atom. The van der Waals surface area contributed by atoms with Crippen molar-refractivity contribution in [1.29, 1.82) is 5.26 Å². The molecular formula is C21H17ClN2O3S. The molecule has 1 atom stereocenters. The minimum atomic E-state index is -0.728. The van der Waals surface area contributed by atoms with Gasteiger partial charge in [-0.3, -0.25) is 9.69 Å². The van der Waals surface area contributed by atoms with E-state index in [4.69, 9.17) is 16.3 Å². The van der Waals surface area contributed by atoms with Crippen LogP contribution in [0.25, 0.3) is 0 Å². The number of carbonyl (C=O) groups is 2. The summed E-state index contributed by atoms with van der Waals surface area (Å²) >= 11 is 7.14. The molecule has 1 aliphatic rings. The van der Waals surface area contributed by atoms with Crippen LogP contribution in [0.3, 0.4) is 0 Å². The summed E-state index contributed by atoms with van der Waals surface area (Å²) in [7, 11) is 0. The third-order valence-electron chi connectivity index (χ3n) is 4.11. The summed E-state index contributed by atoms with van der Waals surface area (Å²) in [6.07, 6.45) is 0.453. The maximum atomic E-state index is 13.2. The fourth-order valence-corrected chi connectivity index (χ4v) is 4.25. The summed E-state index contributed by atoms with van der Waals surface area (Å²) in [5.74, 6) is -0.911. The number of nitriles is 1. The summed E-state index contributed by atoms with van der Waals surface area (Å²) in [5.41, 5.74) is 1.38. The molecule has 7 heteroatoms. The second-order valence-corrected chi connectivity index (χ2v) is 7.59. The van der Waals surface area contributed by atoms with Crippen molar-refractivity contribution in [2.45, 2.75) is 18.6 Å². The lowest BCUT2D eigenvalue weighted by atomic mass is 10.1. The number of halogens is 1. The molecular weight excluding hydrogens is 396 g/mol. The van der Waals surface area contributed by atoms with Gasteiger partial charge in [-0.05, 0) is 43.2 Å². The van der Waals surface area contributed by atoms with Crippen LogP contribution < -0.4 is 4.90 Å². The third kappa shape index (κ3) is 4.22. The van der Waals surface area contributed by atoms with E-state index in [1.807, 2.05) is 24.3 Å². The highest BCUT2D eigenvalue weighted by Gasteiger charge is 2.41. The summed E-state index contributed by atoms with van der Waals surface area (Å²) in [6, 6.07) is 18.1. The number of hydrogen-bond acceptors (Lipinski definition) is 5. The van der Waals surface area contributed by atoms with Crippen molar-refractivity contribution in [3.63, 3.8) is 0 Å². The van der Waals surface area contributed by atoms with Gasteiger partial charge in [-0.1, -0.05) is 53.7 Å². The van der Waals surface area contributed by atoms with E-state index in [1.54, 1.807) is 43.3 Å². The first-order valence-electron chi connectivity index (χ1n) is 8.66. The summed E-state index contributed by atoms with van der Waals surface area (Å²) in [4.78, 5) is 26.9. The molecule has 2 aromatic carbocycles. The highest BCUT2D eigenvalue weighted by Crippen LogP contribution is 2.42. The van der Waals surface area contributed by atoms with E-state index in [-0.39, 0.29) is 18.1 Å². The largest absolute Gasteiger partial charge is 0.462 e. The van der Waals surface area contributed by atoms with Crippen LogP contribution in [0.4, 0.5) is 5.69 Å². The highest BCUT2D eigenvalue weighted by molar-refractivity contribution is 8.05. The third-order valence-corrected chi connectivity index (χ3v) is 5.62. The predicted octanol–water partition coefficient (Wildman–Crippen LogP) is 4.33. The molecule has 0 aliphatic carbocycles. The van der Waals surface area contributed by atoms with E-state index in [9.17, 15) is 14.9 Å². The van der Waals surface area contributed by atoms with Crippen LogP contribution in [-0.2, 0) is 20.7 Å². The van der Waals surface area contributed by atoms with Gasteiger partial charge >= 0.3 is 5.97 Å². The number of benzene rings is 2. The van der Waals surface area contributed by atoms with Crippen molar-refractivity contribution >= 4 is 40.9 Å². The first-order valence-corrected chi connectivity index (χ1v) is 9.92. The molecule has 1 aliphatic heterocycles. The smallest absolute Gasteiger partial charge is 0.351 e. The van der Waals surface area contributed by atoms with Crippen LogP contribution >= 0.6 is 23.4 Å². The Morgan fingerprint density at radius 2 is 1.89 bits per heavy atom. The molecule has 0 aromatic heterocycles. The van der Waals surface area contributed by atoms with Gasteiger partial charge in [0, 0.05) is 10.7 Å². The Labute approximate surface area is 172 Å². The Bertz CT molecular complexity index is 952. The molecule has 1 saturated heterocycles. The first kappa shape index (κ1) is 20.0. The van der Waals surface area contributed by atoms with Crippen molar-refractivity contribution < 1.29 is 14.3 Å². The molecule has 3 rings (SSSR count). The number of anilines is 1. The van der Waals surface area contributed by atoms with E-state index in [0.29, 0.717) is 22.2 Å². The van der Waals surface area contributed by atoms with Crippen LogP contribution in [0.1, 0.15) is 12.5 Å². The monoisotopic (exact) mass is 412 g/mol. The highest BCUT2D eigenvalue weighted by atomic mass is 35.5. The standard InChI is InChI=1S/C21H17ClN2O3S/c1-2-27-21(26)17(13-23)20-24(16-6-4-3-5-7-16)19(25)18(28-20)12-14-8-10-15(22)11-9-14/h3-11,18H,2,12H2,1H3/b20-17+/t18-/m1/s1. The maximum absolute atomic E-state index is 13.2. The molecule has 0 spiro atoms. The molecule has 0 unspecified atom stereocenters. The van der Waals surface area contributed by atoms with Crippen LogP contribution in [0.2, 0.25) is 5.02 Å². The quantitative estimate of drug-likeness (QED) is 0.415. The van der Waals surface area contributed by atoms with Crippen molar-refractivity contribution in [2.24, 2.45) is 0 Å². The number of carbonyl (C=O) groups excluding carboxylic acids is 2. The molecule has 142 valence electrons. The number of para-hydroxylation sites is 1. The number of ether oxygens (including phenoxy) is 1. The molecule has 0 bridgehead atoms. The normalized spacial score (nSPS) is 18.0. The van der Waals surface area contributed by atoms with Gasteiger partial charge < -0.3 is 4.74 Å². The second kappa shape index (κ2) is 8.96. The zero-order valence-corrected chi connectivity index (χ0v) is 16.7. The van der Waals surface area contributed by atoms with E-state index < -0.39 is 11.2 Å².